The molecular weight excluding hydrogens is 269 g/mol. The lowest BCUT2D eigenvalue weighted by Gasteiger charge is -2.12. The minimum atomic E-state index is -4.06. The van der Waals surface area contributed by atoms with Gasteiger partial charge in [-0.15, -0.1) is 0 Å². The highest BCUT2D eigenvalue weighted by Gasteiger charge is 2.25. The molecule has 0 saturated carbocycles. The van der Waals surface area contributed by atoms with Gasteiger partial charge in [0.2, 0.25) is 0 Å². The molecule has 1 rings (SSSR count). The summed E-state index contributed by atoms with van der Waals surface area (Å²) in [6.07, 6.45) is -0.246. The summed E-state index contributed by atoms with van der Waals surface area (Å²) in [5.74, 6) is 0.615. The average molecular weight is 290 g/mol. The fourth-order valence-electron chi connectivity index (χ4n) is 1.70. The Bertz CT molecular complexity index is 385. The summed E-state index contributed by atoms with van der Waals surface area (Å²) >= 11 is 0. The van der Waals surface area contributed by atoms with Gasteiger partial charge in [0.1, 0.15) is 0 Å². The van der Waals surface area contributed by atoms with Gasteiger partial charge in [0.15, 0.2) is 5.96 Å². The molecule has 0 aliphatic carbocycles. The third kappa shape index (κ3) is 7.70. The Balaban J connectivity index is 2.08. The second-order valence-electron chi connectivity index (χ2n) is 4.42. The second-order valence-corrected chi connectivity index (χ2v) is 4.42. The van der Waals surface area contributed by atoms with Crippen molar-refractivity contribution in [2.24, 2.45) is 4.99 Å². The van der Waals surface area contributed by atoms with Crippen molar-refractivity contribution in [1.29, 1.82) is 0 Å². The molecule has 7 heteroatoms. The molecule has 20 heavy (non-hydrogen) atoms. The van der Waals surface area contributed by atoms with Crippen LogP contribution in [-0.2, 0) is 6.54 Å². The third-order valence-electron chi connectivity index (χ3n) is 2.73. The Kier molecular flexibility index (Phi) is 6.97. The highest BCUT2D eigenvalue weighted by atomic mass is 19.4. The highest BCUT2D eigenvalue weighted by Crippen LogP contribution is 2.21. The lowest BCUT2D eigenvalue weighted by molar-refractivity contribution is -0.135. The van der Waals surface area contributed by atoms with E-state index >= 15 is 0 Å². The van der Waals surface area contributed by atoms with E-state index in [1.54, 1.807) is 7.05 Å². The summed E-state index contributed by atoms with van der Waals surface area (Å²) in [6, 6.07) is 3.90. The Morgan fingerprint density at radius 2 is 1.75 bits per heavy atom. The summed E-state index contributed by atoms with van der Waals surface area (Å²) < 4.78 is 37.9. The van der Waals surface area contributed by atoms with Crippen molar-refractivity contribution in [2.75, 3.05) is 20.1 Å². The summed E-state index contributed by atoms with van der Waals surface area (Å²) in [5.41, 5.74) is 0. The number of hydrogen-bond acceptors (Lipinski definition) is 1. The molecule has 0 aliphatic heterocycles. The second kappa shape index (κ2) is 8.50. The van der Waals surface area contributed by atoms with Crippen molar-refractivity contribution >= 4 is 5.96 Å². The zero-order chi connectivity index (χ0) is 14.8. The smallest absolute Gasteiger partial charge is 0.356 e. The molecule has 0 saturated heterocycles. The van der Waals surface area contributed by atoms with Gasteiger partial charge in [0, 0.05) is 45.5 Å². The fourth-order valence-corrected chi connectivity index (χ4v) is 1.70. The van der Waals surface area contributed by atoms with Gasteiger partial charge in [-0.1, -0.05) is 0 Å². The predicted molar refractivity (Wildman–Crippen MR) is 73.7 cm³/mol. The number of aliphatic imine (C=N–C) groups is 1. The van der Waals surface area contributed by atoms with Crippen molar-refractivity contribution < 1.29 is 13.2 Å². The average Bonchev–Trinajstić information content (AvgIpc) is 2.88. The van der Waals surface area contributed by atoms with Crippen LogP contribution < -0.4 is 10.6 Å². The van der Waals surface area contributed by atoms with Crippen molar-refractivity contribution in [3.05, 3.63) is 24.5 Å². The maximum atomic E-state index is 11.9. The van der Waals surface area contributed by atoms with Crippen LogP contribution in [0.2, 0.25) is 0 Å². The van der Waals surface area contributed by atoms with E-state index in [9.17, 15) is 13.2 Å². The van der Waals surface area contributed by atoms with E-state index in [-0.39, 0.29) is 6.42 Å². The van der Waals surface area contributed by atoms with Gasteiger partial charge in [-0.2, -0.15) is 13.2 Å². The first kappa shape index (κ1) is 16.4. The van der Waals surface area contributed by atoms with E-state index in [2.05, 4.69) is 15.6 Å². The van der Waals surface area contributed by atoms with E-state index in [0.717, 1.165) is 6.54 Å². The van der Waals surface area contributed by atoms with E-state index < -0.39 is 12.6 Å². The molecule has 0 amide bonds. The van der Waals surface area contributed by atoms with Gasteiger partial charge in [-0.3, -0.25) is 4.99 Å². The number of guanidine groups is 1. The quantitative estimate of drug-likeness (QED) is 0.460. The van der Waals surface area contributed by atoms with Crippen molar-refractivity contribution in [3.63, 3.8) is 0 Å². The van der Waals surface area contributed by atoms with Crippen LogP contribution >= 0.6 is 0 Å². The lowest BCUT2D eigenvalue weighted by atomic mass is 10.2. The molecule has 0 radical (unpaired) electrons. The Morgan fingerprint density at radius 3 is 2.35 bits per heavy atom. The van der Waals surface area contributed by atoms with Crippen LogP contribution in [0, 0.1) is 0 Å². The normalized spacial score (nSPS) is 12.5. The van der Waals surface area contributed by atoms with Gasteiger partial charge < -0.3 is 15.2 Å². The van der Waals surface area contributed by atoms with Crippen molar-refractivity contribution in [2.45, 2.75) is 32.0 Å². The number of unbranched alkanes of at least 4 members (excludes halogenated alkanes) is 1. The number of rotatable bonds is 7. The summed E-state index contributed by atoms with van der Waals surface area (Å²) in [5, 5.41) is 6.11. The Morgan fingerprint density at radius 1 is 1.10 bits per heavy atom. The molecule has 1 aromatic heterocycles. The first-order chi connectivity index (χ1) is 9.51. The molecule has 0 atom stereocenters. The molecule has 114 valence electrons. The van der Waals surface area contributed by atoms with Gasteiger partial charge in [-0.25, -0.2) is 0 Å². The predicted octanol–water partition coefficient (Wildman–Crippen LogP) is 2.39. The number of halogens is 3. The number of hydrogen-bond donors (Lipinski definition) is 2. The first-order valence-corrected chi connectivity index (χ1v) is 6.63. The Labute approximate surface area is 117 Å². The Hall–Kier alpha value is -1.66. The zero-order valence-electron chi connectivity index (χ0n) is 11.6. The highest BCUT2D eigenvalue weighted by molar-refractivity contribution is 5.79. The standard InChI is InChI=1S/C13H21F3N4/c1-17-12(18-7-3-2-6-13(14,15)16)19-8-11-20-9-4-5-10-20/h4-5,9-10H,2-3,6-8,11H2,1H3,(H2,17,18,19). The zero-order valence-corrected chi connectivity index (χ0v) is 11.6. The van der Waals surface area contributed by atoms with E-state index in [1.165, 1.54) is 0 Å². The summed E-state index contributed by atoms with van der Waals surface area (Å²) in [7, 11) is 1.64. The van der Waals surface area contributed by atoms with Crippen molar-refractivity contribution in [3.8, 4) is 0 Å². The van der Waals surface area contributed by atoms with Crippen LogP contribution in [0.3, 0.4) is 0 Å². The largest absolute Gasteiger partial charge is 0.389 e. The summed E-state index contributed by atoms with van der Waals surface area (Å²) in [4.78, 5) is 4.02. The third-order valence-corrected chi connectivity index (χ3v) is 2.73. The van der Waals surface area contributed by atoms with Gasteiger partial charge in [0.05, 0.1) is 0 Å². The maximum absolute atomic E-state index is 11.9. The molecule has 0 aromatic carbocycles. The van der Waals surface area contributed by atoms with Gasteiger partial charge in [-0.05, 0) is 25.0 Å². The molecule has 4 nitrogen and oxygen atoms in total. The lowest BCUT2D eigenvalue weighted by Crippen LogP contribution is -2.39. The first-order valence-electron chi connectivity index (χ1n) is 6.63. The van der Waals surface area contributed by atoms with Crippen LogP contribution in [0.15, 0.2) is 29.5 Å². The van der Waals surface area contributed by atoms with Crippen LogP contribution in [0.4, 0.5) is 13.2 Å². The molecule has 2 N–H and O–H groups in total. The van der Waals surface area contributed by atoms with E-state index in [1.807, 2.05) is 29.1 Å². The molecule has 0 unspecified atom stereocenters. The van der Waals surface area contributed by atoms with Gasteiger partial charge >= 0.3 is 6.18 Å². The monoisotopic (exact) mass is 290 g/mol. The number of alkyl halides is 3. The van der Waals surface area contributed by atoms with Crippen LogP contribution in [0.1, 0.15) is 19.3 Å². The topological polar surface area (TPSA) is 41.4 Å². The number of nitrogens with zero attached hydrogens (tertiary/aromatic N) is 2. The van der Waals surface area contributed by atoms with Crippen molar-refractivity contribution in [1.82, 2.24) is 15.2 Å². The minimum Gasteiger partial charge on any atom is -0.356 e. The van der Waals surface area contributed by atoms with E-state index in [0.29, 0.717) is 25.5 Å². The molecular formula is C13H21F3N4. The molecule has 1 aromatic rings. The number of aromatic nitrogens is 1. The fraction of sp³-hybridized carbons (Fsp3) is 0.615. The minimum absolute atomic E-state index is 0.136. The van der Waals surface area contributed by atoms with Crippen LogP contribution in [0.5, 0.6) is 0 Å². The molecule has 0 bridgehead atoms. The summed E-state index contributed by atoms with van der Waals surface area (Å²) in [6.45, 7) is 2.00. The molecule has 1 heterocycles. The van der Waals surface area contributed by atoms with E-state index in [4.69, 9.17) is 0 Å². The van der Waals surface area contributed by atoms with Crippen LogP contribution in [-0.4, -0.2) is 36.8 Å². The maximum Gasteiger partial charge on any atom is 0.389 e. The molecule has 0 aliphatic rings. The molecule has 0 spiro atoms. The van der Waals surface area contributed by atoms with Gasteiger partial charge in [0.25, 0.3) is 0 Å². The number of nitrogens with one attached hydrogen (secondary N) is 2. The molecule has 0 fully saturated rings. The van der Waals surface area contributed by atoms with Crippen LogP contribution in [0.25, 0.3) is 0 Å². The SMILES string of the molecule is CN=C(NCCCCC(F)(F)F)NCCn1cccc1.